The van der Waals surface area contributed by atoms with E-state index in [0.717, 1.165) is 19.3 Å². The standard InChI is InChI=1S/C42H59NO3/c1-27(2)30-17-22-42(25-26-43-45)24-23-40(9)32(35(30)42)15-16-34-39(8)20-18-31(38(6,7)33(39)19-21-41(34,40)10)28-11-13-29(14-12-28)36(44)46-37(3,4)5/h11-14,18,25-26,30,32-35H,1,15-17,19-24H2,2-10H3/b26-25+/t30-,32+,33-,34+,35+,39-,40+,41+,42+/m0/s1. The van der Waals surface area contributed by atoms with Crippen LogP contribution in [0.25, 0.3) is 5.57 Å². The molecular weight excluding hydrogens is 566 g/mol. The van der Waals surface area contributed by atoms with Gasteiger partial charge in [0.25, 0.3) is 0 Å². The molecule has 0 spiro atoms. The highest BCUT2D eigenvalue weighted by atomic mass is 16.6. The van der Waals surface area contributed by atoms with Crippen LogP contribution in [0.3, 0.4) is 0 Å². The lowest BCUT2D eigenvalue weighted by atomic mass is 9.32. The zero-order valence-electron chi connectivity index (χ0n) is 30.2. The Morgan fingerprint density at radius 1 is 0.913 bits per heavy atom. The number of benzene rings is 1. The summed E-state index contributed by atoms with van der Waals surface area (Å²) in [6, 6.07) is 8.16. The Kier molecular flexibility index (Phi) is 8.01. The zero-order valence-corrected chi connectivity index (χ0v) is 30.2. The van der Waals surface area contributed by atoms with Crippen LogP contribution in [0.15, 0.2) is 59.9 Å². The minimum atomic E-state index is -0.505. The Morgan fingerprint density at radius 2 is 1.61 bits per heavy atom. The van der Waals surface area contributed by atoms with Crippen LogP contribution in [0.5, 0.6) is 0 Å². The van der Waals surface area contributed by atoms with Crippen LogP contribution in [-0.4, -0.2) is 11.6 Å². The van der Waals surface area contributed by atoms with E-state index in [1.54, 1.807) is 6.20 Å². The molecule has 0 saturated heterocycles. The number of ether oxygens (including phenoxy) is 1. The van der Waals surface area contributed by atoms with Crippen LogP contribution in [0, 0.1) is 61.6 Å². The van der Waals surface area contributed by atoms with Gasteiger partial charge in [-0.2, -0.15) is 0 Å². The van der Waals surface area contributed by atoms with Gasteiger partial charge in [-0.05, 0) is 171 Å². The van der Waals surface area contributed by atoms with Crippen molar-refractivity contribution in [2.24, 2.45) is 61.8 Å². The van der Waals surface area contributed by atoms with Crippen molar-refractivity contribution >= 4 is 11.5 Å². The summed E-state index contributed by atoms with van der Waals surface area (Å²) in [7, 11) is 0. The molecule has 9 atom stereocenters. The van der Waals surface area contributed by atoms with Crippen molar-refractivity contribution in [2.75, 3.05) is 0 Å². The van der Waals surface area contributed by atoms with Crippen LogP contribution < -0.4 is 0 Å². The fraction of sp³-hybridized carbons (Fsp3) is 0.690. The van der Waals surface area contributed by atoms with E-state index >= 15 is 0 Å². The summed E-state index contributed by atoms with van der Waals surface area (Å²) in [4.78, 5) is 24.0. The summed E-state index contributed by atoms with van der Waals surface area (Å²) in [5, 5.41) is 3.20. The maximum atomic E-state index is 12.7. The molecule has 46 heavy (non-hydrogen) atoms. The summed E-state index contributed by atoms with van der Waals surface area (Å²) in [6.45, 7) is 25.4. The second kappa shape index (κ2) is 11.0. The first kappa shape index (κ1) is 33.4. The molecule has 0 aliphatic heterocycles. The highest BCUT2D eigenvalue weighted by molar-refractivity contribution is 5.90. The molecule has 4 fully saturated rings. The number of nitroso groups, excluding NO2 is 1. The average Bonchev–Trinajstić information content (AvgIpc) is 3.36. The number of hydrogen-bond donors (Lipinski definition) is 0. The third kappa shape index (κ3) is 4.85. The smallest absolute Gasteiger partial charge is 0.338 e. The van der Waals surface area contributed by atoms with Gasteiger partial charge in [0.05, 0.1) is 11.8 Å². The molecule has 0 radical (unpaired) electrons. The number of carbonyl (C=O) groups is 1. The molecule has 4 saturated carbocycles. The van der Waals surface area contributed by atoms with E-state index < -0.39 is 5.60 Å². The van der Waals surface area contributed by atoms with E-state index in [1.807, 2.05) is 32.9 Å². The number of esters is 1. The van der Waals surface area contributed by atoms with E-state index in [1.165, 1.54) is 55.2 Å². The molecule has 5 aliphatic carbocycles. The number of fused-ring (bicyclic) bond motifs is 7. The zero-order chi connectivity index (χ0) is 33.5. The lowest BCUT2D eigenvalue weighted by molar-refractivity contribution is -0.221. The minimum absolute atomic E-state index is 0.0321. The SMILES string of the molecule is C=C(C)[C@@H]1CC[C@]2(/C=C/N=O)CC[C@]3(C)[C@H](CC[C@@H]4[C@@]5(C)CC=C(c6ccc(C(=O)OC(C)(C)C)cc6)C(C)(C)[C@@H]5CC[C@]43C)[C@@H]12. The van der Waals surface area contributed by atoms with Crippen LogP contribution >= 0.6 is 0 Å². The molecule has 1 aromatic carbocycles. The Labute approximate surface area is 278 Å². The molecule has 5 aliphatic rings. The topological polar surface area (TPSA) is 55.7 Å². The third-order valence-electron chi connectivity index (χ3n) is 15.0. The summed E-state index contributed by atoms with van der Waals surface area (Å²) in [5.74, 6) is 2.76. The first-order valence-electron chi connectivity index (χ1n) is 18.1. The highest BCUT2D eigenvalue weighted by Gasteiger charge is 2.70. The van der Waals surface area contributed by atoms with Gasteiger partial charge >= 0.3 is 5.97 Å². The van der Waals surface area contributed by atoms with Gasteiger partial charge in [0.2, 0.25) is 0 Å². The first-order valence-corrected chi connectivity index (χ1v) is 18.1. The van der Waals surface area contributed by atoms with Crippen LogP contribution in [-0.2, 0) is 4.74 Å². The van der Waals surface area contributed by atoms with Gasteiger partial charge in [0.15, 0.2) is 0 Å². The van der Waals surface area contributed by atoms with Gasteiger partial charge in [-0.25, -0.2) is 4.79 Å². The quantitative estimate of drug-likeness (QED) is 0.186. The molecule has 4 heteroatoms. The molecule has 0 amide bonds. The summed E-state index contributed by atoms with van der Waals surface area (Å²) >= 11 is 0. The van der Waals surface area contributed by atoms with E-state index in [9.17, 15) is 9.70 Å². The number of nitrogens with zero attached hydrogens (tertiary/aromatic N) is 1. The number of rotatable bonds is 5. The van der Waals surface area contributed by atoms with Crippen LogP contribution in [0.1, 0.15) is 136 Å². The second-order valence-electron chi connectivity index (χ2n) is 18.5. The average molecular weight is 626 g/mol. The predicted octanol–water partition coefficient (Wildman–Crippen LogP) is 11.6. The fourth-order valence-electron chi connectivity index (χ4n) is 12.9. The lowest BCUT2D eigenvalue weighted by Gasteiger charge is -2.72. The summed E-state index contributed by atoms with van der Waals surface area (Å²) < 4.78 is 5.62. The first-order chi connectivity index (χ1) is 21.4. The van der Waals surface area contributed by atoms with Crippen LogP contribution in [0.4, 0.5) is 0 Å². The molecule has 0 heterocycles. The minimum Gasteiger partial charge on any atom is -0.456 e. The van der Waals surface area contributed by atoms with E-state index in [2.05, 4.69) is 77.6 Å². The lowest BCUT2D eigenvalue weighted by Crippen LogP contribution is -2.65. The second-order valence-corrected chi connectivity index (χ2v) is 18.5. The van der Waals surface area contributed by atoms with Crippen molar-refractivity contribution in [1.29, 1.82) is 0 Å². The normalized spacial score (nSPS) is 41.4. The van der Waals surface area contributed by atoms with Gasteiger partial charge < -0.3 is 4.74 Å². The molecule has 6 rings (SSSR count). The maximum Gasteiger partial charge on any atom is 0.338 e. The Hall–Kier alpha value is -2.49. The van der Waals surface area contributed by atoms with Gasteiger partial charge in [-0.3, -0.25) is 0 Å². The van der Waals surface area contributed by atoms with Gasteiger partial charge in [0.1, 0.15) is 5.60 Å². The molecule has 4 nitrogen and oxygen atoms in total. The van der Waals surface area contributed by atoms with E-state index in [4.69, 9.17) is 4.74 Å². The van der Waals surface area contributed by atoms with Crippen molar-refractivity contribution < 1.29 is 9.53 Å². The van der Waals surface area contributed by atoms with Crippen LogP contribution in [0.2, 0.25) is 0 Å². The van der Waals surface area contributed by atoms with Crippen molar-refractivity contribution in [3.8, 4) is 0 Å². The van der Waals surface area contributed by atoms with E-state index in [-0.39, 0.29) is 33.0 Å². The Balaban J connectivity index is 1.31. The molecule has 250 valence electrons. The van der Waals surface area contributed by atoms with Crippen molar-refractivity contribution in [3.05, 3.63) is 70.8 Å². The van der Waals surface area contributed by atoms with E-state index in [0.29, 0.717) is 35.2 Å². The summed E-state index contributed by atoms with van der Waals surface area (Å²) in [5.41, 5.74) is 5.01. The molecular formula is C42H59NO3. The molecule has 0 bridgehead atoms. The number of allylic oxidation sites excluding steroid dienone is 4. The fourth-order valence-corrected chi connectivity index (χ4v) is 12.9. The number of carbonyl (C=O) groups excluding carboxylic acids is 1. The highest BCUT2D eigenvalue weighted by Crippen LogP contribution is 2.77. The Bertz CT molecular complexity index is 1460. The number of hydrogen-bond acceptors (Lipinski definition) is 4. The summed E-state index contributed by atoms with van der Waals surface area (Å²) in [6.07, 6.45) is 17.3. The third-order valence-corrected chi connectivity index (χ3v) is 15.0. The Morgan fingerprint density at radius 3 is 2.24 bits per heavy atom. The largest absolute Gasteiger partial charge is 0.456 e. The van der Waals surface area contributed by atoms with Gasteiger partial charge in [-0.1, -0.05) is 71.1 Å². The molecule has 0 unspecified atom stereocenters. The van der Waals surface area contributed by atoms with Gasteiger partial charge in [-0.15, -0.1) is 4.91 Å². The predicted molar refractivity (Wildman–Crippen MR) is 189 cm³/mol. The van der Waals surface area contributed by atoms with Crippen molar-refractivity contribution in [3.63, 3.8) is 0 Å². The van der Waals surface area contributed by atoms with Gasteiger partial charge in [0, 0.05) is 0 Å². The van der Waals surface area contributed by atoms with Crippen molar-refractivity contribution in [1.82, 2.24) is 0 Å². The molecule has 1 aromatic rings. The maximum absolute atomic E-state index is 12.7. The molecule has 0 aromatic heterocycles. The van der Waals surface area contributed by atoms with Crippen molar-refractivity contribution in [2.45, 2.75) is 126 Å². The molecule has 0 N–H and O–H groups in total. The monoisotopic (exact) mass is 625 g/mol.